The van der Waals surface area contributed by atoms with Crippen LogP contribution < -0.4 is 0 Å². The number of rotatable bonds is 2. The van der Waals surface area contributed by atoms with E-state index >= 15 is 0 Å². The molecule has 5 heteroatoms. The maximum Gasteiger partial charge on any atom is 0.327 e. The van der Waals surface area contributed by atoms with E-state index in [4.69, 9.17) is 10.2 Å². The van der Waals surface area contributed by atoms with Crippen LogP contribution in [0.1, 0.15) is 13.8 Å². The van der Waals surface area contributed by atoms with Crippen LogP contribution in [-0.4, -0.2) is 22.2 Å². The topological polar surface area (TPSA) is 74.6 Å². The third-order valence-electron chi connectivity index (χ3n) is 0.618. The summed E-state index contributed by atoms with van der Waals surface area (Å²) in [7, 11) is 0. The summed E-state index contributed by atoms with van der Waals surface area (Å²) < 4.78 is 0. The van der Waals surface area contributed by atoms with Crippen molar-refractivity contribution in [1.82, 2.24) is 0 Å². The Morgan fingerprint density at radius 1 is 0.923 bits per heavy atom. The standard InChI is InChI=1S/2C4H6O2.Zn/c2*1-2-3-4(5)6;/h2*2-3H,1H3,(H,5,6);/b2*3-2+;. The van der Waals surface area contributed by atoms with Crippen LogP contribution in [0.3, 0.4) is 0 Å². The third kappa shape index (κ3) is 35.5. The molecule has 0 unspecified atom stereocenters. The minimum atomic E-state index is -0.891. The Labute approximate surface area is 89.7 Å². The predicted molar refractivity (Wildman–Crippen MR) is 44.9 cm³/mol. The van der Waals surface area contributed by atoms with Gasteiger partial charge >= 0.3 is 11.9 Å². The summed E-state index contributed by atoms with van der Waals surface area (Å²) in [5.74, 6) is -1.78. The Hall–Kier alpha value is -0.957. The molecule has 0 heterocycles. The van der Waals surface area contributed by atoms with Gasteiger partial charge in [-0.2, -0.15) is 0 Å². The van der Waals surface area contributed by atoms with Crippen molar-refractivity contribution in [3.8, 4) is 0 Å². The molecule has 0 bridgehead atoms. The van der Waals surface area contributed by atoms with Gasteiger partial charge in [0.25, 0.3) is 0 Å². The smallest absolute Gasteiger partial charge is 0.327 e. The van der Waals surface area contributed by atoms with Crippen LogP contribution in [-0.2, 0) is 29.1 Å². The number of carboxylic acid groups (broad SMARTS) is 2. The monoisotopic (exact) mass is 236 g/mol. The Kier molecular flexibility index (Phi) is 18.8. The van der Waals surface area contributed by atoms with E-state index in [9.17, 15) is 9.59 Å². The van der Waals surface area contributed by atoms with Gasteiger partial charge in [-0.25, -0.2) is 9.59 Å². The van der Waals surface area contributed by atoms with Crippen LogP contribution in [0.5, 0.6) is 0 Å². The Balaban J connectivity index is -0.000000143. The van der Waals surface area contributed by atoms with Crippen molar-refractivity contribution in [3.05, 3.63) is 24.3 Å². The number of carbonyl (C=O) groups is 2. The van der Waals surface area contributed by atoms with Gasteiger partial charge in [0.1, 0.15) is 0 Å². The molecule has 13 heavy (non-hydrogen) atoms. The average Bonchev–Trinajstić information content (AvgIpc) is 1.87. The SMILES string of the molecule is C/C=C/C(=O)O.C/C=C/C(=O)O.[Zn]. The molecular weight excluding hydrogens is 225 g/mol. The molecule has 0 aromatic carbocycles. The van der Waals surface area contributed by atoms with E-state index in [1.807, 2.05) is 0 Å². The van der Waals surface area contributed by atoms with Gasteiger partial charge in [0.05, 0.1) is 0 Å². The zero-order chi connectivity index (χ0) is 9.98. The number of carboxylic acids is 2. The molecule has 0 atom stereocenters. The number of allylic oxidation sites excluding steroid dienone is 2. The predicted octanol–water partition coefficient (Wildman–Crippen LogP) is 1.29. The molecule has 0 saturated carbocycles. The van der Waals surface area contributed by atoms with E-state index in [1.54, 1.807) is 13.8 Å². The van der Waals surface area contributed by atoms with E-state index in [0.717, 1.165) is 12.2 Å². The van der Waals surface area contributed by atoms with E-state index in [-0.39, 0.29) is 19.5 Å². The Morgan fingerprint density at radius 2 is 1.15 bits per heavy atom. The third-order valence-corrected chi connectivity index (χ3v) is 0.618. The first kappa shape index (κ1) is 18.0. The molecule has 0 saturated heterocycles. The summed E-state index contributed by atoms with van der Waals surface area (Å²) in [6, 6.07) is 0. The minimum absolute atomic E-state index is 0. The first-order valence-electron chi connectivity index (χ1n) is 3.25. The van der Waals surface area contributed by atoms with Gasteiger partial charge in [0.15, 0.2) is 0 Å². The first-order valence-corrected chi connectivity index (χ1v) is 3.25. The molecular formula is C8H12O4Zn. The summed E-state index contributed by atoms with van der Waals surface area (Å²) >= 11 is 0. The van der Waals surface area contributed by atoms with E-state index in [2.05, 4.69) is 0 Å². The molecule has 0 aliphatic carbocycles. The molecule has 0 aromatic rings. The van der Waals surface area contributed by atoms with Crippen LogP contribution in [0.2, 0.25) is 0 Å². The molecule has 0 aliphatic rings. The van der Waals surface area contributed by atoms with Gasteiger partial charge in [0, 0.05) is 31.6 Å². The van der Waals surface area contributed by atoms with Gasteiger partial charge in [0.2, 0.25) is 0 Å². The Morgan fingerprint density at radius 3 is 1.15 bits per heavy atom. The molecule has 0 amide bonds. The van der Waals surface area contributed by atoms with Crippen LogP contribution in [0.4, 0.5) is 0 Å². The second kappa shape index (κ2) is 13.6. The average molecular weight is 238 g/mol. The first-order chi connectivity index (χ1) is 5.54. The van der Waals surface area contributed by atoms with Gasteiger partial charge in [-0.3, -0.25) is 0 Å². The maximum atomic E-state index is 9.51. The summed E-state index contributed by atoms with van der Waals surface area (Å²) in [6.45, 7) is 3.32. The summed E-state index contributed by atoms with van der Waals surface area (Å²) in [4.78, 5) is 19.0. The molecule has 70 valence electrons. The molecule has 0 radical (unpaired) electrons. The van der Waals surface area contributed by atoms with Crippen molar-refractivity contribution in [1.29, 1.82) is 0 Å². The molecule has 0 aliphatic heterocycles. The summed E-state index contributed by atoms with van der Waals surface area (Å²) in [5, 5.41) is 15.7. The van der Waals surface area contributed by atoms with Crippen molar-refractivity contribution in [3.63, 3.8) is 0 Å². The van der Waals surface area contributed by atoms with Crippen LogP contribution in [0.25, 0.3) is 0 Å². The minimum Gasteiger partial charge on any atom is -0.478 e. The fourth-order valence-electron chi connectivity index (χ4n) is 0.285. The second-order valence-corrected chi connectivity index (χ2v) is 1.68. The fourth-order valence-corrected chi connectivity index (χ4v) is 0.285. The normalized spacial score (nSPS) is 8.77. The zero-order valence-corrected chi connectivity index (χ0v) is 10.7. The number of hydrogen-bond acceptors (Lipinski definition) is 2. The van der Waals surface area contributed by atoms with Crippen LogP contribution in [0, 0.1) is 0 Å². The van der Waals surface area contributed by atoms with Crippen LogP contribution in [0.15, 0.2) is 24.3 Å². The second-order valence-electron chi connectivity index (χ2n) is 1.68. The van der Waals surface area contributed by atoms with E-state index in [1.165, 1.54) is 12.2 Å². The fraction of sp³-hybridized carbons (Fsp3) is 0.250. The van der Waals surface area contributed by atoms with E-state index < -0.39 is 11.9 Å². The molecule has 0 aromatic heterocycles. The van der Waals surface area contributed by atoms with Gasteiger partial charge in [-0.15, -0.1) is 0 Å². The molecule has 4 nitrogen and oxygen atoms in total. The quantitative estimate of drug-likeness (QED) is 0.561. The van der Waals surface area contributed by atoms with Crippen LogP contribution >= 0.6 is 0 Å². The Bertz CT molecular complexity index is 174. The summed E-state index contributed by atoms with van der Waals surface area (Å²) in [6.07, 6.45) is 5.12. The van der Waals surface area contributed by atoms with Crippen molar-refractivity contribution in [2.75, 3.05) is 0 Å². The maximum absolute atomic E-state index is 9.51. The van der Waals surface area contributed by atoms with Gasteiger partial charge in [-0.1, -0.05) is 12.2 Å². The van der Waals surface area contributed by atoms with Gasteiger partial charge in [-0.05, 0) is 13.8 Å². The molecule has 0 fully saturated rings. The van der Waals surface area contributed by atoms with Gasteiger partial charge < -0.3 is 10.2 Å². The van der Waals surface area contributed by atoms with Crippen molar-refractivity contribution in [2.45, 2.75) is 13.8 Å². The van der Waals surface area contributed by atoms with Crippen molar-refractivity contribution >= 4 is 11.9 Å². The molecule has 2 N–H and O–H groups in total. The molecule has 0 spiro atoms. The molecule has 0 rings (SSSR count). The zero-order valence-electron chi connectivity index (χ0n) is 7.73. The largest absolute Gasteiger partial charge is 0.478 e. The van der Waals surface area contributed by atoms with Crippen molar-refractivity contribution < 1.29 is 39.3 Å². The van der Waals surface area contributed by atoms with Crippen molar-refractivity contribution in [2.24, 2.45) is 0 Å². The number of aliphatic carboxylic acids is 2. The summed E-state index contributed by atoms with van der Waals surface area (Å²) in [5.41, 5.74) is 0. The number of hydrogen-bond donors (Lipinski definition) is 2. The van der Waals surface area contributed by atoms with E-state index in [0.29, 0.717) is 0 Å².